The molecule has 0 saturated heterocycles. The van der Waals surface area contributed by atoms with Gasteiger partial charge in [0, 0.05) is 29.1 Å². The molecule has 0 heterocycles. The highest BCUT2D eigenvalue weighted by Gasteiger charge is 2.10. The molecule has 0 aliphatic heterocycles. The summed E-state index contributed by atoms with van der Waals surface area (Å²) in [6.07, 6.45) is 3.53. The van der Waals surface area contributed by atoms with Crippen molar-refractivity contribution in [1.29, 1.82) is 0 Å². The van der Waals surface area contributed by atoms with Crippen LogP contribution in [0.5, 0.6) is 11.5 Å². The number of hydrazone groups is 1. The van der Waals surface area contributed by atoms with E-state index in [0.29, 0.717) is 34.0 Å². The predicted octanol–water partition coefficient (Wildman–Crippen LogP) is 3.96. The molecule has 8 heteroatoms. The number of ether oxygens (including phenoxy) is 1. The Kier molecular flexibility index (Phi) is 8.43. The Hall–Kier alpha value is -3.32. The van der Waals surface area contributed by atoms with Crippen molar-refractivity contribution in [3.05, 3.63) is 64.7 Å². The zero-order valence-electron chi connectivity index (χ0n) is 16.9. The van der Waals surface area contributed by atoms with E-state index in [-0.39, 0.29) is 24.5 Å². The zero-order chi connectivity index (χ0) is 22.1. The molecular formula is C22H24ClN3O4. The van der Waals surface area contributed by atoms with Crippen LogP contribution >= 0.6 is 11.6 Å². The van der Waals surface area contributed by atoms with E-state index >= 15 is 0 Å². The molecule has 2 aromatic rings. The fourth-order valence-electron chi connectivity index (χ4n) is 2.59. The molecule has 0 aliphatic rings. The Bertz CT molecular complexity index is 973. The van der Waals surface area contributed by atoms with Gasteiger partial charge in [-0.3, -0.25) is 9.59 Å². The lowest BCUT2D eigenvalue weighted by Crippen LogP contribution is -2.20. The highest BCUT2D eigenvalue weighted by Crippen LogP contribution is 2.31. The van der Waals surface area contributed by atoms with Crippen LogP contribution in [0.3, 0.4) is 0 Å². The van der Waals surface area contributed by atoms with Gasteiger partial charge in [0.2, 0.25) is 11.8 Å². The molecule has 0 bridgehead atoms. The van der Waals surface area contributed by atoms with E-state index < -0.39 is 5.91 Å². The Morgan fingerprint density at radius 3 is 2.63 bits per heavy atom. The fraction of sp³-hybridized carbons (Fsp3) is 0.227. The number of nitrogens with zero attached hydrogens (tertiary/aromatic N) is 1. The number of rotatable bonds is 9. The quantitative estimate of drug-likeness (QED) is 0.319. The first-order chi connectivity index (χ1) is 14.3. The van der Waals surface area contributed by atoms with Crippen molar-refractivity contribution in [3.8, 4) is 11.5 Å². The number of benzene rings is 2. The molecule has 2 amide bonds. The Morgan fingerprint density at radius 2 is 1.97 bits per heavy atom. The van der Waals surface area contributed by atoms with Crippen LogP contribution in [-0.4, -0.2) is 30.2 Å². The van der Waals surface area contributed by atoms with Crippen LogP contribution in [0.1, 0.15) is 29.5 Å². The minimum absolute atomic E-state index is 0.00334. The molecule has 2 aromatic carbocycles. The molecule has 2 rings (SSSR count). The van der Waals surface area contributed by atoms with Crippen LogP contribution in [0.4, 0.5) is 5.69 Å². The number of carbonyl (C=O) groups excluding carboxylic acids is 2. The SMILES string of the molecule is C=CCc1cc(/C=N/NC(=O)CCC(=O)Nc2ccc(C)c(Cl)c2)cc(OC)c1O. The van der Waals surface area contributed by atoms with Crippen molar-refractivity contribution in [1.82, 2.24) is 5.43 Å². The number of carbonyl (C=O) groups is 2. The van der Waals surface area contributed by atoms with Crippen molar-refractivity contribution < 1.29 is 19.4 Å². The summed E-state index contributed by atoms with van der Waals surface area (Å²) in [5.74, 6) is -0.360. The number of allylic oxidation sites excluding steroid dienone is 1. The number of phenols is 1. The molecule has 0 unspecified atom stereocenters. The summed E-state index contributed by atoms with van der Waals surface area (Å²) in [4.78, 5) is 23.9. The maximum absolute atomic E-state index is 12.0. The van der Waals surface area contributed by atoms with E-state index in [1.807, 2.05) is 6.92 Å². The average Bonchev–Trinajstić information content (AvgIpc) is 2.71. The van der Waals surface area contributed by atoms with E-state index in [4.69, 9.17) is 16.3 Å². The summed E-state index contributed by atoms with van der Waals surface area (Å²) in [5, 5.41) is 17.2. The van der Waals surface area contributed by atoms with Gasteiger partial charge < -0.3 is 15.2 Å². The predicted molar refractivity (Wildman–Crippen MR) is 118 cm³/mol. The second-order valence-electron chi connectivity index (χ2n) is 6.53. The van der Waals surface area contributed by atoms with Crippen molar-refractivity contribution in [2.24, 2.45) is 5.10 Å². The third-order valence-electron chi connectivity index (χ3n) is 4.20. The van der Waals surface area contributed by atoms with E-state index in [1.165, 1.54) is 13.3 Å². The van der Waals surface area contributed by atoms with Crippen molar-refractivity contribution in [3.63, 3.8) is 0 Å². The summed E-state index contributed by atoms with van der Waals surface area (Å²) in [5.41, 5.74) is 5.13. The molecule has 3 N–H and O–H groups in total. The van der Waals surface area contributed by atoms with Gasteiger partial charge in [-0.15, -0.1) is 6.58 Å². The number of nitrogens with one attached hydrogen (secondary N) is 2. The van der Waals surface area contributed by atoms with E-state index in [9.17, 15) is 14.7 Å². The zero-order valence-corrected chi connectivity index (χ0v) is 17.6. The number of halogens is 1. The van der Waals surface area contributed by atoms with Crippen LogP contribution in [0.15, 0.2) is 48.1 Å². The molecule has 0 fully saturated rings. The molecule has 0 spiro atoms. The molecule has 0 saturated carbocycles. The van der Waals surface area contributed by atoms with Crippen LogP contribution < -0.4 is 15.5 Å². The van der Waals surface area contributed by atoms with Crippen LogP contribution in [-0.2, 0) is 16.0 Å². The number of aromatic hydroxyl groups is 1. The first kappa shape index (κ1) is 23.0. The van der Waals surface area contributed by atoms with E-state index in [2.05, 4.69) is 22.4 Å². The van der Waals surface area contributed by atoms with E-state index in [1.54, 1.807) is 36.4 Å². The third-order valence-corrected chi connectivity index (χ3v) is 4.61. The van der Waals surface area contributed by atoms with Crippen LogP contribution in [0, 0.1) is 6.92 Å². The normalized spacial score (nSPS) is 10.6. The Morgan fingerprint density at radius 1 is 1.23 bits per heavy atom. The molecule has 0 aromatic heterocycles. The van der Waals surface area contributed by atoms with Gasteiger partial charge in [-0.25, -0.2) is 5.43 Å². The summed E-state index contributed by atoms with van der Waals surface area (Å²) in [7, 11) is 1.45. The van der Waals surface area contributed by atoms with Gasteiger partial charge in [-0.05, 0) is 48.7 Å². The van der Waals surface area contributed by atoms with Crippen molar-refractivity contribution >= 4 is 35.3 Å². The summed E-state index contributed by atoms with van der Waals surface area (Å²) >= 11 is 6.03. The molecular weight excluding hydrogens is 406 g/mol. The summed E-state index contributed by atoms with van der Waals surface area (Å²) in [6, 6.07) is 8.52. The average molecular weight is 430 g/mol. The maximum atomic E-state index is 12.0. The largest absolute Gasteiger partial charge is 0.504 e. The Balaban J connectivity index is 1.87. The van der Waals surface area contributed by atoms with Crippen molar-refractivity contribution in [2.75, 3.05) is 12.4 Å². The van der Waals surface area contributed by atoms with Gasteiger partial charge in [-0.2, -0.15) is 5.10 Å². The van der Waals surface area contributed by atoms with Gasteiger partial charge in [0.25, 0.3) is 0 Å². The third kappa shape index (κ3) is 6.63. The number of hydrogen-bond acceptors (Lipinski definition) is 5. The molecule has 158 valence electrons. The standard InChI is InChI=1S/C22H24ClN3O4/c1-4-5-16-10-15(11-19(30-3)22(16)29)13-24-26-21(28)9-8-20(27)25-17-7-6-14(2)18(23)12-17/h4,6-7,10-13,29H,1,5,8-9H2,2-3H3,(H,25,27)(H,26,28)/b24-13+. The smallest absolute Gasteiger partial charge is 0.240 e. The Labute approximate surface area is 180 Å². The van der Waals surface area contributed by atoms with Gasteiger partial charge in [0.15, 0.2) is 11.5 Å². The lowest BCUT2D eigenvalue weighted by atomic mass is 10.1. The molecule has 0 atom stereocenters. The summed E-state index contributed by atoms with van der Waals surface area (Å²) < 4.78 is 5.14. The highest BCUT2D eigenvalue weighted by molar-refractivity contribution is 6.31. The monoisotopic (exact) mass is 429 g/mol. The number of anilines is 1. The minimum Gasteiger partial charge on any atom is -0.504 e. The number of methoxy groups -OCH3 is 1. The number of phenolic OH excluding ortho intramolecular Hbond substituents is 1. The summed E-state index contributed by atoms with van der Waals surface area (Å²) in [6.45, 7) is 5.52. The number of amides is 2. The van der Waals surface area contributed by atoms with Gasteiger partial charge in [0.1, 0.15) is 0 Å². The van der Waals surface area contributed by atoms with Crippen molar-refractivity contribution in [2.45, 2.75) is 26.2 Å². The van der Waals surface area contributed by atoms with E-state index in [0.717, 1.165) is 5.56 Å². The minimum atomic E-state index is -0.402. The molecule has 0 radical (unpaired) electrons. The second-order valence-corrected chi connectivity index (χ2v) is 6.94. The first-order valence-electron chi connectivity index (χ1n) is 9.22. The highest BCUT2D eigenvalue weighted by atomic mass is 35.5. The molecule has 7 nitrogen and oxygen atoms in total. The number of aryl methyl sites for hydroxylation is 1. The van der Waals surface area contributed by atoms with Gasteiger partial charge in [0.05, 0.1) is 13.3 Å². The topological polar surface area (TPSA) is 100 Å². The first-order valence-corrected chi connectivity index (χ1v) is 9.60. The maximum Gasteiger partial charge on any atom is 0.240 e. The van der Waals surface area contributed by atoms with Crippen LogP contribution in [0.2, 0.25) is 5.02 Å². The van der Waals surface area contributed by atoms with Gasteiger partial charge in [-0.1, -0.05) is 23.7 Å². The fourth-order valence-corrected chi connectivity index (χ4v) is 2.77. The lowest BCUT2D eigenvalue weighted by molar-refractivity contribution is -0.124. The van der Waals surface area contributed by atoms with Crippen LogP contribution in [0.25, 0.3) is 0 Å². The van der Waals surface area contributed by atoms with Gasteiger partial charge >= 0.3 is 0 Å². The molecule has 0 aliphatic carbocycles. The second kappa shape index (κ2) is 11.0. The molecule has 30 heavy (non-hydrogen) atoms. The number of hydrogen-bond donors (Lipinski definition) is 3. The lowest BCUT2D eigenvalue weighted by Gasteiger charge is -2.09.